The zero-order chi connectivity index (χ0) is 11.4. The molecule has 1 aliphatic rings. The van der Waals surface area contributed by atoms with Crippen molar-refractivity contribution >= 4 is 11.6 Å². The smallest absolute Gasteiger partial charge is 0.183 e. The Kier molecular flexibility index (Phi) is 3.98. The Hall–Kier alpha value is -0.840. The van der Waals surface area contributed by atoms with Gasteiger partial charge in [0.2, 0.25) is 0 Å². The average Bonchev–Trinajstić information content (AvgIpc) is 2.77. The summed E-state index contributed by atoms with van der Waals surface area (Å²) in [5.74, 6) is -0.372. The van der Waals surface area contributed by atoms with Crippen LogP contribution in [0, 0.1) is 5.82 Å². The van der Waals surface area contributed by atoms with Crippen LogP contribution in [0.4, 0.5) is 4.39 Å². The first-order chi connectivity index (χ1) is 7.77. The Bertz CT molecular complexity index is 353. The molecular weight excluding hydrogens is 235 g/mol. The van der Waals surface area contributed by atoms with Gasteiger partial charge in [0.15, 0.2) is 17.9 Å². The molecule has 0 atom stereocenters. The van der Waals surface area contributed by atoms with Crippen molar-refractivity contribution in [3.8, 4) is 5.75 Å². The predicted molar refractivity (Wildman–Crippen MR) is 57.2 cm³/mol. The van der Waals surface area contributed by atoms with E-state index >= 15 is 0 Å². The van der Waals surface area contributed by atoms with Gasteiger partial charge >= 0.3 is 0 Å². The molecule has 0 N–H and O–H groups in total. The zero-order valence-electron chi connectivity index (χ0n) is 8.62. The third-order valence-corrected chi connectivity index (χ3v) is 2.51. The molecule has 0 saturated carbocycles. The van der Waals surface area contributed by atoms with E-state index in [1.165, 1.54) is 12.1 Å². The van der Waals surface area contributed by atoms with E-state index in [-0.39, 0.29) is 17.1 Å². The van der Waals surface area contributed by atoms with Crippen molar-refractivity contribution in [1.82, 2.24) is 0 Å². The van der Waals surface area contributed by atoms with Crippen LogP contribution in [0.1, 0.15) is 6.42 Å². The van der Waals surface area contributed by atoms with Gasteiger partial charge in [0.1, 0.15) is 0 Å². The molecule has 16 heavy (non-hydrogen) atoms. The number of rotatable bonds is 4. The van der Waals surface area contributed by atoms with E-state index in [2.05, 4.69) is 0 Å². The fourth-order valence-corrected chi connectivity index (χ4v) is 1.60. The fourth-order valence-electron chi connectivity index (χ4n) is 1.43. The molecule has 2 rings (SSSR count). The predicted octanol–water partition coefficient (Wildman–Crippen LogP) is 2.62. The van der Waals surface area contributed by atoms with Crippen LogP contribution < -0.4 is 4.74 Å². The molecule has 3 nitrogen and oxygen atoms in total. The number of hydrogen-bond donors (Lipinski definition) is 0. The standard InChI is InChI=1S/C11H12ClFO3/c12-8-2-1-3-9(11(8)13)14-5-4-10-15-6-7-16-10/h1-3,10H,4-7H2. The van der Waals surface area contributed by atoms with Gasteiger partial charge in [-0.2, -0.15) is 0 Å². The van der Waals surface area contributed by atoms with E-state index in [0.29, 0.717) is 26.2 Å². The molecule has 0 spiro atoms. The van der Waals surface area contributed by atoms with E-state index in [1.807, 2.05) is 0 Å². The Morgan fingerprint density at radius 1 is 1.38 bits per heavy atom. The van der Waals surface area contributed by atoms with Crippen LogP contribution in [-0.4, -0.2) is 26.1 Å². The average molecular weight is 247 g/mol. The molecule has 0 amide bonds. The van der Waals surface area contributed by atoms with E-state index < -0.39 is 5.82 Å². The molecule has 1 aliphatic heterocycles. The maximum atomic E-state index is 13.4. The Labute approximate surface area is 98.1 Å². The fraction of sp³-hybridized carbons (Fsp3) is 0.455. The quantitative estimate of drug-likeness (QED) is 0.817. The molecule has 0 bridgehead atoms. The number of benzene rings is 1. The van der Waals surface area contributed by atoms with Crippen molar-refractivity contribution in [2.75, 3.05) is 19.8 Å². The summed E-state index contributed by atoms with van der Waals surface area (Å²) in [6, 6.07) is 4.66. The summed E-state index contributed by atoms with van der Waals surface area (Å²) in [7, 11) is 0. The lowest BCUT2D eigenvalue weighted by Gasteiger charge is -2.11. The second-order valence-corrected chi connectivity index (χ2v) is 3.77. The summed E-state index contributed by atoms with van der Waals surface area (Å²) in [5, 5.41) is 0.0610. The van der Waals surface area contributed by atoms with Crippen LogP contribution in [0.3, 0.4) is 0 Å². The first-order valence-corrected chi connectivity index (χ1v) is 5.45. The minimum absolute atomic E-state index is 0.0610. The second-order valence-electron chi connectivity index (χ2n) is 3.36. The van der Waals surface area contributed by atoms with Gasteiger partial charge in [-0.1, -0.05) is 17.7 Å². The number of hydrogen-bond acceptors (Lipinski definition) is 3. The largest absolute Gasteiger partial charge is 0.490 e. The third-order valence-electron chi connectivity index (χ3n) is 2.22. The maximum absolute atomic E-state index is 13.4. The molecule has 1 saturated heterocycles. The van der Waals surface area contributed by atoms with Gasteiger partial charge < -0.3 is 14.2 Å². The summed E-state index contributed by atoms with van der Waals surface area (Å²) in [6.45, 7) is 1.55. The zero-order valence-corrected chi connectivity index (χ0v) is 9.37. The molecule has 0 aromatic heterocycles. The first kappa shape index (κ1) is 11.6. The summed E-state index contributed by atoms with van der Waals surface area (Å²) in [4.78, 5) is 0. The highest BCUT2D eigenvalue weighted by Gasteiger charge is 2.16. The number of halogens is 2. The van der Waals surface area contributed by atoms with Crippen molar-refractivity contribution in [2.45, 2.75) is 12.7 Å². The van der Waals surface area contributed by atoms with Gasteiger partial charge in [-0.3, -0.25) is 0 Å². The van der Waals surface area contributed by atoms with Gasteiger partial charge in [0.25, 0.3) is 0 Å². The molecule has 0 unspecified atom stereocenters. The minimum Gasteiger partial charge on any atom is -0.490 e. The van der Waals surface area contributed by atoms with Crippen molar-refractivity contribution in [3.05, 3.63) is 29.0 Å². The van der Waals surface area contributed by atoms with E-state index in [4.69, 9.17) is 25.8 Å². The highest BCUT2D eigenvalue weighted by Crippen LogP contribution is 2.24. The third kappa shape index (κ3) is 2.84. The van der Waals surface area contributed by atoms with Crippen LogP contribution in [-0.2, 0) is 9.47 Å². The van der Waals surface area contributed by atoms with Gasteiger partial charge in [-0.05, 0) is 12.1 Å². The molecule has 1 fully saturated rings. The van der Waals surface area contributed by atoms with Crippen LogP contribution >= 0.6 is 11.6 Å². The molecule has 0 aliphatic carbocycles. The summed E-state index contributed by atoms with van der Waals surface area (Å²) >= 11 is 5.62. The normalized spacial score (nSPS) is 16.6. The van der Waals surface area contributed by atoms with Crippen molar-refractivity contribution < 1.29 is 18.6 Å². The van der Waals surface area contributed by atoms with Crippen molar-refractivity contribution in [1.29, 1.82) is 0 Å². The van der Waals surface area contributed by atoms with Crippen molar-refractivity contribution in [3.63, 3.8) is 0 Å². The Balaban J connectivity index is 1.82. The molecule has 88 valence electrons. The van der Waals surface area contributed by atoms with Gasteiger partial charge in [-0.25, -0.2) is 4.39 Å². The number of ether oxygens (including phenoxy) is 3. The Morgan fingerprint density at radius 2 is 2.12 bits per heavy atom. The molecule has 1 aromatic carbocycles. The van der Waals surface area contributed by atoms with E-state index in [0.717, 1.165) is 0 Å². The van der Waals surface area contributed by atoms with Crippen molar-refractivity contribution in [2.24, 2.45) is 0 Å². The topological polar surface area (TPSA) is 27.7 Å². The lowest BCUT2D eigenvalue weighted by atomic mass is 10.3. The molecule has 0 radical (unpaired) electrons. The first-order valence-electron chi connectivity index (χ1n) is 5.07. The highest BCUT2D eigenvalue weighted by molar-refractivity contribution is 6.30. The summed E-state index contributed by atoms with van der Waals surface area (Å²) < 4.78 is 29.1. The van der Waals surface area contributed by atoms with Gasteiger partial charge in [0, 0.05) is 6.42 Å². The summed E-state index contributed by atoms with van der Waals surface area (Å²) in [5.41, 5.74) is 0. The SMILES string of the molecule is Fc1c(Cl)cccc1OCCC1OCCO1. The second kappa shape index (κ2) is 5.48. The van der Waals surface area contributed by atoms with Crippen LogP contribution in [0.2, 0.25) is 5.02 Å². The van der Waals surface area contributed by atoms with E-state index in [1.54, 1.807) is 6.07 Å². The van der Waals surface area contributed by atoms with Crippen LogP contribution in [0.15, 0.2) is 18.2 Å². The lowest BCUT2D eigenvalue weighted by molar-refractivity contribution is -0.0533. The van der Waals surface area contributed by atoms with Crippen LogP contribution in [0.5, 0.6) is 5.75 Å². The summed E-state index contributed by atoms with van der Waals surface area (Å²) in [6.07, 6.45) is 0.341. The monoisotopic (exact) mass is 246 g/mol. The molecule has 1 heterocycles. The lowest BCUT2D eigenvalue weighted by Crippen LogP contribution is -2.13. The van der Waals surface area contributed by atoms with Gasteiger partial charge in [0.05, 0.1) is 24.8 Å². The van der Waals surface area contributed by atoms with Gasteiger partial charge in [-0.15, -0.1) is 0 Å². The van der Waals surface area contributed by atoms with Crippen LogP contribution in [0.25, 0.3) is 0 Å². The highest BCUT2D eigenvalue weighted by atomic mass is 35.5. The molecule has 5 heteroatoms. The molecular formula is C11H12ClFO3. The molecule has 1 aromatic rings. The maximum Gasteiger partial charge on any atom is 0.183 e. The minimum atomic E-state index is -0.530. The van der Waals surface area contributed by atoms with E-state index in [9.17, 15) is 4.39 Å². The Morgan fingerprint density at radius 3 is 2.88 bits per heavy atom.